The Labute approximate surface area is 230 Å². The maximum atomic E-state index is 13.2. The molecule has 3 amide bonds. The fourth-order valence-corrected chi connectivity index (χ4v) is 5.16. The molecule has 13 heteroatoms. The first-order valence-corrected chi connectivity index (χ1v) is 14.2. The lowest BCUT2D eigenvalue weighted by Crippen LogP contribution is -2.57. The molecule has 1 aromatic heterocycles. The van der Waals surface area contributed by atoms with Crippen LogP contribution in [0.25, 0.3) is 10.9 Å². The van der Waals surface area contributed by atoms with Gasteiger partial charge in [0.2, 0.25) is 17.7 Å². The maximum Gasteiger partial charge on any atom is 0.326 e. The van der Waals surface area contributed by atoms with Crippen molar-refractivity contribution >= 4 is 52.3 Å². The van der Waals surface area contributed by atoms with Crippen molar-refractivity contribution in [3.05, 3.63) is 36.0 Å². The summed E-state index contributed by atoms with van der Waals surface area (Å²) in [6, 6.07) is 3.32. The molecule has 1 aliphatic heterocycles. The Morgan fingerprint density at radius 2 is 1.87 bits per heavy atom. The van der Waals surface area contributed by atoms with Crippen molar-refractivity contribution in [2.75, 3.05) is 18.6 Å². The number of amides is 3. The van der Waals surface area contributed by atoms with Crippen LogP contribution in [-0.4, -0.2) is 92.5 Å². The predicted molar refractivity (Wildman–Crippen MR) is 146 cm³/mol. The number of nitrogens with two attached hydrogens (primary N) is 1. The SMILES string of the molecule is CSCCC(NC(=O)C1CCCN1C(=O)C(N)CCC(=O)O)C(=O)NC(Cc1c[nH]c2ccccc12)C(=O)O. The van der Waals surface area contributed by atoms with Crippen LogP contribution in [0, 0.1) is 0 Å². The van der Waals surface area contributed by atoms with Gasteiger partial charge in [0.1, 0.15) is 18.1 Å². The number of likely N-dealkylation sites (tertiary alicyclic amines) is 1. The Balaban J connectivity index is 1.68. The fraction of sp³-hybridized carbons (Fsp3) is 0.500. The standard InChI is InChI=1S/C26H35N5O7S/c1-39-12-10-19(29-24(35)21-7-4-11-31(21)25(36)17(27)8-9-22(32)33)23(34)30-20(26(37)38)13-15-14-28-18-6-3-2-5-16(15)18/h2-3,5-6,14,17,19-21,28H,4,7-13,27H2,1H3,(H,29,35)(H,30,34)(H,32,33)(H,37,38). The quantitative estimate of drug-likeness (QED) is 0.192. The molecule has 0 saturated carbocycles. The van der Waals surface area contributed by atoms with Crippen LogP contribution < -0.4 is 16.4 Å². The molecular formula is C26H35N5O7S. The molecule has 0 bridgehead atoms. The molecule has 0 spiro atoms. The van der Waals surface area contributed by atoms with Gasteiger partial charge in [0.25, 0.3) is 0 Å². The van der Waals surface area contributed by atoms with E-state index in [-0.39, 0.29) is 25.7 Å². The number of benzene rings is 1. The van der Waals surface area contributed by atoms with E-state index in [2.05, 4.69) is 15.6 Å². The number of H-pyrrole nitrogens is 1. The first-order chi connectivity index (χ1) is 18.6. The van der Waals surface area contributed by atoms with Gasteiger partial charge in [-0.2, -0.15) is 11.8 Å². The zero-order chi connectivity index (χ0) is 28.5. The first-order valence-electron chi connectivity index (χ1n) is 12.8. The van der Waals surface area contributed by atoms with E-state index in [1.807, 2.05) is 30.5 Å². The Morgan fingerprint density at radius 1 is 1.13 bits per heavy atom. The van der Waals surface area contributed by atoms with E-state index in [1.54, 1.807) is 6.20 Å². The summed E-state index contributed by atoms with van der Waals surface area (Å²) in [4.78, 5) is 66.5. The van der Waals surface area contributed by atoms with Crippen molar-refractivity contribution in [1.29, 1.82) is 0 Å². The summed E-state index contributed by atoms with van der Waals surface area (Å²) in [5.74, 6) is -3.41. The second-order valence-corrected chi connectivity index (χ2v) is 10.5. The number of carboxylic acid groups (broad SMARTS) is 2. The molecule has 1 aromatic carbocycles. The van der Waals surface area contributed by atoms with Crippen LogP contribution >= 0.6 is 11.8 Å². The Hall–Kier alpha value is -3.58. The van der Waals surface area contributed by atoms with Gasteiger partial charge >= 0.3 is 11.9 Å². The summed E-state index contributed by atoms with van der Waals surface area (Å²) >= 11 is 1.47. The lowest BCUT2D eigenvalue weighted by molar-refractivity contribution is -0.143. The summed E-state index contributed by atoms with van der Waals surface area (Å²) in [7, 11) is 0. The first kappa shape index (κ1) is 30.0. The lowest BCUT2D eigenvalue weighted by atomic mass is 10.0. The fourth-order valence-electron chi connectivity index (χ4n) is 4.68. The highest BCUT2D eigenvalue weighted by atomic mass is 32.2. The third kappa shape index (κ3) is 7.96. The molecule has 0 aliphatic carbocycles. The van der Waals surface area contributed by atoms with Gasteiger partial charge in [0.05, 0.1) is 6.04 Å². The number of aliphatic carboxylic acids is 2. The molecule has 7 N–H and O–H groups in total. The largest absolute Gasteiger partial charge is 0.481 e. The lowest BCUT2D eigenvalue weighted by Gasteiger charge is -2.28. The van der Waals surface area contributed by atoms with Gasteiger partial charge in [-0.1, -0.05) is 18.2 Å². The van der Waals surface area contributed by atoms with Crippen molar-refractivity contribution in [2.45, 2.75) is 62.7 Å². The number of hydrogen-bond donors (Lipinski definition) is 6. The number of carbonyl (C=O) groups is 5. The zero-order valence-electron chi connectivity index (χ0n) is 21.7. The van der Waals surface area contributed by atoms with Crippen molar-refractivity contribution in [2.24, 2.45) is 5.73 Å². The normalized spacial score (nSPS) is 17.4. The van der Waals surface area contributed by atoms with E-state index < -0.39 is 53.8 Å². The summed E-state index contributed by atoms with van der Waals surface area (Å²) in [5, 5.41) is 24.8. The van der Waals surface area contributed by atoms with Crippen LogP contribution in [0.2, 0.25) is 0 Å². The van der Waals surface area contributed by atoms with Gasteiger partial charge in [-0.05, 0) is 49.3 Å². The van der Waals surface area contributed by atoms with Crippen LogP contribution in [0.15, 0.2) is 30.5 Å². The smallest absolute Gasteiger partial charge is 0.326 e. The third-order valence-corrected chi connectivity index (χ3v) is 7.43. The molecule has 0 radical (unpaired) electrons. The number of para-hydroxylation sites is 1. The maximum absolute atomic E-state index is 13.2. The minimum atomic E-state index is -1.22. The van der Waals surface area contributed by atoms with Gasteiger partial charge in [-0.15, -0.1) is 0 Å². The third-order valence-electron chi connectivity index (χ3n) is 6.78. The molecule has 2 heterocycles. The highest BCUT2D eigenvalue weighted by molar-refractivity contribution is 7.98. The Bertz CT molecular complexity index is 1200. The van der Waals surface area contributed by atoms with E-state index in [0.29, 0.717) is 25.1 Å². The summed E-state index contributed by atoms with van der Waals surface area (Å²) < 4.78 is 0. The second kappa shape index (κ2) is 14.0. The van der Waals surface area contributed by atoms with Crippen LogP contribution in [0.3, 0.4) is 0 Å². The molecule has 3 rings (SSSR count). The monoisotopic (exact) mass is 561 g/mol. The van der Waals surface area contributed by atoms with Gasteiger partial charge < -0.3 is 36.5 Å². The molecule has 1 fully saturated rings. The zero-order valence-corrected chi connectivity index (χ0v) is 22.5. The van der Waals surface area contributed by atoms with Crippen molar-refractivity contribution in [1.82, 2.24) is 20.5 Å². The number of aromatic nitrogens is 1. The summed E-state index contributed by atoms with van der Waals surface area (Å²) in [5.41, 5.74) is 7.48. The number of hydrogen-bond acceptors (Lipinski definition) is 7. The van der Waals surface area contributed by atoms with Gasteiger partial charge in [-0.25, -0.2) is 4.79 Å². The number of rotatable bonds is 14. The molecular weight excluding hydrogens is 526 g/mol. The summed E-state index contributed by atoms with van der Waals surface area (Å²) in [6.07, 6.45) is 4.49. The summed E-state index contributed by atoms with van der Waals surface area (Å²) in [6.45, 7) is 0.297. The number of fused-ring (bicyclic) bond motifs is 1. The van der Waals surface area contributed by atoms with E-state index in [4.69, 9.17) is 10.8 Å². The Morgan fingerprint density at radius 3 is 2.56 bits per heavy atom. The number of nitrogens with zero attached hydrogens (tertiary/aromatic N) is 1. The van der Waals surface area contributed by atoms with E-state index in [9.17, 15) is 29.1 Å². The number of nitrogens with one attached hydrogen (secondary N) is 3. The molecule has 12 nitrogen and oxygen atoms in total. The van der Waals surface area contributed by atoms with Crippen molar-refractivity contribution in [3.63, 3.8) is 0 Å². The molecule has 1 saturated heterocycles. The second-order valence-electron chi connectivity index (χ2n) is 9.53. The predicted octanol–water partition coefficient (Wildman–Crippen LogP) is 0.701. The van der Waals surface area contributed by atoms with Crippen LogP contribution in [0.5, 0.6) is 0 Å². The van der Waals surface area contributed by atoms with E-state index in [1.165, 1.54) is 16.7 Å². The number of aromatic amines is 1. The Kier molecular flexibility index (Phi) is 10.8. The van der Waals surface area contributed by atoms with Gasteiger partial charge in [0.15, 0.2) is 0 Å². The molecule has 212 valence electrons. The molecule has 4 atom stereocenters. The van der Waals surface area contributed by atoms with Gasteiger partial charge in [0, 0.05) is 36.5 Å². The molecule has 2 aromatic rings. The van der Waals surface area contributed by atoms with Crippen LogP contribution in [-0.2, 0) is 30.4 Å². The number of carboxylic acids is 2. The molecule has 39 heavy (non-hydrogen) atoms. The highest BCUT2D eigenvalue weighted by Gasteiger charge is 2.38. The van der Waals surface area contributed by atoms with Crippen LogP contribution in [0.1, 0.15) is 37.7 Å². The molecule has 4 unspecified atom stereocenters. The average Bonchev–Trinajstić information content (AvgIpc) is 3.56. The molecule has 1 aliphatic rings. The minimum absolute atomic E-state index is 0.0490. The number of thioether (sulfide) groups is 1. The topological polar surface area (TPSA) is 195 Å². The van der Waals surface area contributed by atoms with E-state index in [0.717, 1.165) is 16.5 Å². The van der Waals surface area contributed by atoms with Crippen LogP contribution in [0.4, 0.5) is 0 Å². The van der Waals surface area contributed by atoms with E-state index >= 15 is 0 Å². The van der Waals surface area contributed by atoms with Crippen molar-refractivity contribution < 1.29 is 34.2 Å². The highest BCUT2D eigenvalue weighted by Crippen LogP contribution is 2.21. The van der Waals surface area contributed by atoms with Crippen molar-refractivity contribution in [3.8, 4) is 0 Å². The average molecular weight is 562 g/mol. The number of carbonyl (C=O) groups excluding carboxylic acids is 3. The van der Waals surface area contributed by atoms with Gasteiger partial charge in [-0.3, -0.25) is 19.2 Å². The minimum Gasteiger partial charge on any atom is -0.481 e.